The first-order valence-corrected chi connectivity index (χ1v) is 12.0. The van der Waals surface area contributed by atoms with Crippen molar-refractivity contribution >= 4 is 34.3 Å². The summed E-state index contributed by atoms with van der Waals surface area (Å²) in [5, 5.41) is 11.1. The molecule has 1 N–H and O–H groups in total. The average Bonchev–Trinajstić information content (AvgIpc) is 3.41. The van der Waals surface area contributed by atoms with Gasteiger partial charge in [-0.2, -0.15) is 5.10 Å². The van der Waals surface area contributed by atoms with E-state index in [1.807, 2.05) is 62.4 Å². The third-order valence-electron chi connectivity index (χ3n) is 6.54. The molecule has 0 bridgehead atoms. The zero-order valence-electron chi connectivity index (χ0n) is 19.8. The summed E-state index contributed by atoms with van der Waals surface area (Å²) in [5.74, 6) is -0.496. The van der Waals surface area contributed by atoms with Gasteiger partial charge in [-0.05, 0) is 40.3 Å². The third kappa shape index (κ3) is 4.54. The second-order valence-electron chi connectivity index (χ2n) is 9.53. The molecule has 2 heterocycles. The first-order chi connectivity index (χ1) is 16.9. The Morgan fingerprint density at radius 1 is 1.00 bits per heavy atom. The van der Waals surface area contributed by atoms with Crippen molar-refractivity contribution in [1.82, 2.24) is 15.2 Å². The van der Waals surface area contributed by atoms with Crippen molar-refractivity contribution in [3.63, 3.8) is 0 Å². The highest BCUT2D eigenvalue weighted by Gasteiger charge is 2.41. The lowest BCUT2D eigenvalue weighted by Crippen LogP contribution is -2.41. The van der Waals surface area contributed by atoms with Gasteiger partial charge in [0, 0.05) is 6.42 Å². The second-order valence-corrected chi connectivity index (χ2v) is 9.53. The van der Waals surface area contributed by atoms with Gasteiger partial charge in [0.15, 0.2) is 0 Å². The molecule has 7 heteroatoms. The molecular weight excluding hydrogens is 440 g/mol. The van der Waals surface area contributed by atoms with Crippen LogP contribution in [0, 0.1) is 5.92 Å². The maximum atomic E-state index is 13.4. The molecule has 1 saturated heterocycles. The van der Waals surface area contributed by atoms with Crippen molar-refractivity contribution in [2.24, 2.45) is 11.0 Å². The summed E-state index contributed by atoms with van der Waals surface area (Å²) in [6, 6.07) is 22.6. The van der Waals surface area contributed by atoms with E-state index in [1.165, 1.54) is 5.01 Å². The van der Waals surface area contributed by atoms with Crippen LogP contribution in [0.3, 0.4) is 0 Å². The van der Waals surface area contributed by atoms with Gasteiger partial charge in [-0.1, -0.05) is 80.6 Å². The number of carbonyl (C=O) groups is 3. The second kappa shape index (κ2) is 9.33. The number of amides is 4. The number of hydrogen-bond donors (Lipinski definition) is 1. The third-order valence-corrected chi connectivity index (χ3v) is 6.54. The van der Waals surface area contributed by atoms with Gasteiger partial charge < -0.3 is 5.32 Å². The van der Waals surface area contributed by atoms with Crippen LogP contribution in [0.25, 0.3) is 10.8 Å². The Balaban J connectivity index is 1.43. The molecule has 0 spiro atoms. The molecule has 7 nitrogen and oxygen atoms in total. The Labute approximate surface area is 204 Å². The van der Waals surface area contributed by atoms with Crippen LogP contribution in [0.2, 0.25) is 0 Å². The molecule has 178 valence electrons. The monoisotopic (exact) mass is 468 g/mol. The number of rotatable bonds is 6. The molecule has 35 heavy (non-hydrogen) atoms. The summed E-state index contributed by atoms with van der Waals surface area (Å²) in [7, 11) is 0. The number of imide groups is 1. The van der Waals surface area contributed by atoms with Crippen LogP contribution < -0.4 is 5.32 Å². The van der Waals surface area contributed by atoms with Crippen molar-refractivity contribution in [2.45, 2.75) is 38.8 Å². The van der Waals surface area contributed by atoms with Crippen LogP contribution in [0.1, 0.15) is 43.9 Å². The van der Waals surface area contributed by atoms with Crippen molar-refractivity contribution in [3.8, 4) is 0 Å². The van der Waals surface area contributed by atoms with E-state index in [4.69, 9.17) is 5.10 Å². The SMILES string of the molecule is CC(C)C[C@@H]1NC(=O)N(CC(=O)N2N=C(c3ccc4ccccc4c3)C[C@H]2c2ccccc2)C1=O. The predicted octanol–water partition coefficient (Wildman–Crippen LogP) is 4.48. The molecule has 4 amide bonds. The molecule has 0 saturated carbocycles. The number of carbonyl (C=O) groups excluding carboxylic acids is 3. The van der Waals surface area contributed by atoms with Gasteiger partial charge in [0.25, 0.3) is 11.8 Å². The number of hydrogen-bond acceptors (Lipinski definition) is 4. The first kappa shape index (κ1) is 22.8. The number of urea groups is 1. The van der Waals surface area contributed by atoms with E-state index in [1.54, 1.807) is 0 Å². The molecule has 3 aromatic rings. The number of benzene rings is 3. The molecule has 0 aromatic heterocycles. The lowest BCUT2D eigenvalue weighted by molar-refractivity contribution is -0.138. The molecule has 2 aliphatic heterocycles. The van der Waals surface area contributed by atoms with E-state index in [-0.39, 0.29) is 30.3 Å². The largest absolute Gasteiger partial charge is 0.326 e. The van der Waals surface area contributed by atoms with Crippen molar-refractivity contribution < 1.29 is 14.4 Å². The summed E-state index contributed by atoms with van der Waals surface area (Å²) >= 11 is 0. The highest BCUT2D eigenvalue weighted by atomic mass is 16.2. The zero-order valence-corrected chi connectivity index (χ0v) is 19.8. The average molecular weight is 469 g/mol. The first-order valence-electron chi connectivity index (χ1n) is 12.0. The lowest BCUT2D eigenvalue weighted by atomic mass is 9.97. The smallest absolute Gasteiger partial charge is 0.325 e. The van der Waals surface area contributed by atoms with E-state index in [0.29, 0.717) is 12.8 Å². The molecule has 5 rings (SSSR count). The van der Waals surface area contributed by atoms with Crippen LogP contribution in [0.5, 0.6) is 0 Å². The van der Waals surface area contributed by atoms with Gasteiger partial charge in [-0.25, -0.2) is 9.80 Å². The lowest BCUT2D eigenvalue weighted by Gasteiger charge is -2.23. The van der Waals surface area contributed by atoms with Crippen LogP contribution in [0.15, 0.2) is 77.9 Å². The van der Waals surface area contributed by atoms with Crippen LogP contribution >= 0.6 is 0 Å². The van der Waals surface area contributed by atoms with E-state index >= 15 is 0 Å². The summed E-state index contributed by atoms with van der Waals surface area (Å²) < 4.78 is 0. The normalized spacial score (nSPS) is 20.0. The van der Waals surface area contributed by atoms with E-state index in [9.17, 15) is 14.4 Å². The fourth-order valence-electron chi connectivity index (χ4n) is 4.78. The Kier molecular flexibility index (Phi) is 6.07. The topological polar surface area (TPSA) is 82.1 Å². The number of nitrogens with one attached hydrogen (secondary N) is 1. The Hall–Kier alpha value is -4.00. The molecule has 1 fully saturated rings. The minimum atomic E-state index is -0.588. The Morgan fingerprint density at radius 2 is 1.71 bits per heavy atom. The highest BCUT2D eigenvalue weighted by Crippen LogP contribution is 2.33. The molecule has 3 aromatic carbocycles. The van der Waals surface area contributed by atoms with E-state index < -0.39 is 12.1 Å². The van der Waals surface area contributed by atoms with Gasteiger partial charge in [0.05, 0.1) is 11.8 Å². The van der Waals surface area contributed by atoms with Crippen molar-refractivity contribution in [2.75, 3.05) is 6.54 Å². The van der Waals surface area contributed by atoms with Crippen molar-refractivity contribution in [1.29, 1.82) is 0 Å². The number of nitrogens with zero attached hydrogens (tertiary/aromatic N) is 3. The molecular formula is C28H28N4O3. The summed E-state index contributed by atoms with van der Waals surface area (Å²) in [6.07, 6.45) is 1.08. The van der Waals surface area contributed by atoms with Gasteiger partial charge >= 0.3 is 6.03 Å². The van der Waals surface area contributed by atoms with Crippen LogP contribution in [0.4, 0.5) is 4.79 Å². The van der Waals surface area contributed by atoms with Crippen LogP contribution in [-0.4, -0.2) is 46.1 Å². The zero-order chi connectivity index (χ0) is 24.5. The van der Waals surface area contributed by atoms with Crippen molar-refractivity contribution in [3.05, 3.63) is 83.9 Å². The molecule has 0 unspecified atom stereocenters. The fraction of sp³-hybridized carbons (Fsp3) is 0.286. The standard InChI is InChI=1S/C28H28N4O3/c1-18(2)14-24-27(34)31(28(35)29-24)17-26(33)32-25(20-9-4-3-5-10-20)16-23(30-32)22-13-12-19-8-6-7-11-21(19)15-22/h3-13,15,18,24-25H,14,16-17H2,1-2H3,(H,29,35)/t24-,25-/m0/s1. The fourth-order valence-corrected chi connectivity index (χ4v) is 4.78. The summed E-state index contributed by atoms with van der Waals surface area (Å²) in [4.78, 5) is 39.7. The predicted molar refractivity (Wildman–Crippen MR) is 135 cm³/mol. The number of hydrazone groups is 1. The molecule has 2 atom stereocenters. The summed E-state index contributed by atoms with van der Waals surface area (Å²) in [5.41, 5.74) is 2.70. The van der Waals surface area contributed by atoms with E-state index in [2.05, 4.69) is 29.6 Å². The summed E-state index contributed by atoms with van der Waals surface area (Å²) in [6.45, 7) is 3.65. The maximum absolute atomic E-state index is 13.4. The Morgan fingerprint density at radius 3 is 2.46 bits per heavy atom. The van der Waals surface area contributed by atoms with Gasteiger partial charge in [0.2, 0.25) is 0 Å². The Bertz CT molecular complexity index is 1320. The quantitative estimate of drug-likeness (QED) is 0.542. The maximum Gasteiger partial charge on any atom is 0.325 e. The molecule has 0 aliphatic carbocycles. The molecule has 0 radical (unpaired) electrons. The van der Waals surface area contributed by atoms with Gasteiger partial charge in [-0.3, -0.25) is 14.5 Å². The van der Waals surface area contributed by atoms with Gasteiger partial charge in [-0.15, -0.1) is 0 Å². The van der Waals surface area contributed by atoms with Gasteiger partial charge in [0.1, 0.15) is 12.6 Å². The minimum Gasteiger partial charge on any atom is -0.326 e. The van der Waals surface area contributed by atoms with Crippen LogP contribution in [-0.2, 0) is 9.59 Å². The number of fused-ring (bicyclic) bond motifs is 1. The van der Waals surface area contributed by atoms with E-state index in [0.717, 1.165) is 32.5 Å². The minimum absolute atomic E-state index is 0.245. The molecule has 2 aliphatic rings. The highest BCUT2D eigenvalue weighted by molar-refractivity contribution is 6.08.